The summed E-state index contributed by atoms with van der Waals surface area (Å²) in [7, 11) is 1.88. The van der Waals surface area contributed by atoms with Gasteiger partial charge < -0.3 is 14.8 Å². The van der Waals surface area contributed by atoms with Crippen LogP contribution in [0.2, 0.25) is 0 Å². The van der Waals surface area contributed by atoms with Gasteiger partial charge in [-0.3, -0.25) is 4.79 Å². The van der Waals surface area contributed by atoms with E-state index < -0.39 is 11.7 Å². The van der Waals surface area contributed by atoms with E-state index in [1.165, 1.54) is 11.0 Å². The molecule has 0 saturated carbocycles. The molecule has 3 aromatic rings. The number of nitrogens with zero attached hydrogens (tertiary/aromatic N) is 4. The molecule has 1 N–H and O–H groups in total. The zero-order valence-electron chi connectivity index (χ0n) is 19.8. The van der Waals surface area contributed by atoms with Gasteiger partial charge in [-0.2, -0.15) is 13.2 Å². The third-order valence-electron chi connectivity index (χ3n) is 7.18. The molecule has 9 heteroatoms. The highest BCUT2D eigenvalue weighted by Crippen LogP contribution is 2.41. The van der Waals surface area contributed by atoms with Crippen LogP contribution in [0.5, 0.6) is 0 Å². The minimum absolute atomic E-state index is 0.0261. The Bertz CT molecular complexity index is 1250. The van der Waals surface area contributed by atoms with Crippen LogP contribution in [0.4, 0.5) is 18.9 Å². The Morgan fingerprint density at radius 2 is 2.06 bits per heavy atom. The molecule has 5 rings (SSSR count). The number of amides is 1. The van der Waals surface area contributed by atoms with E-state index in [9.17, 15) is 18.0 Å². The van der Waals surface area contributed by atoms with Crippen LogP contribution in [0.25, 0.3) is 0 Å². The second-order valence-corrected chi connectivity index (χ2v) is 9.59. The molecule has 3 heterocycles. The standard InChI is InChI=1S/C26H28F3N5O/c1-16(9-24-32-31-15-33(24)2)17-5-3-7-20(10-17)34-14-22-21(25(34)35)11-19(12-23(22)26(27,28)29)18-6-4-8-30-13-18/h3,5,7,10-12,15-16,18,30H,4,6,8-9,13-14H2,1-2H3/t16-,18-/m1/s1. The second-order valence-electron chi connectivity index (χ2n) is 9.59. The SMILES string of the molecule is C[C@H](Cc1nncn1C)c1cccc(N2Cc3c(cc([C@@H]4CCCNC4)cc3C(F)(F)F)C2=O)c1. The maximum Gasteiger partial charge on any atom is 0.416 e. The van der Waals surface area contributed by atoms with Crippen LogP contribution in [-0.2, 0) is 26.2 Å². The molecule has 0 unspecified atom stereocenters. The number of aromatic nitrogens is 3. The summed E-state index contributed by atoms with van der Waals surface area (Å²) < 4.78 is 44.1. The Hall–Kier alpha value is -3.20. The summed E-state index contributed by atoms with van der Waals surface area (Å²) in [5.41, 5.74) is 1.70. The topological polar surface area (TPSA) is 63.1 Å². The lowest BCUT2D eigenvalue weighted by Crippen LogP contribution is -2.28. The van der Waals surface area contributed by atoms with Gasteiger partial charge in [0, 0.05) is 31.3 Å². The first-order chi connectivity index (χ1) is 16.7. The maximum atomic E-state index is 14.1. The lowest BCUT2D eigenvalue weighted by Gasteiger charge is -2.24. The number of hydrogen-bond acceptors (Lipinski definition) is 4. The number of benzene rings is 2. The van der Waals surface area contributed by atoms with Gasteiger partial charge in [-0.1, -0.05) is 19.1 Å². The molecule has 0 spiro atoms. The predicted octanol–water partition coefficient (Wildman–Crippen LogP) is 4.81. The number of piperidine rings is 1. The van der Waals surface area contributed by atoms with Crippen molar-refractivity contribution < 1.29 is 18.0 Å². The number of carbonyl (C=O) groups excluding carboxylic acids is 1. The highest BCUT2D eigenvalue weighted by atomic mass is 19.4. The molecule has 2 aromatic carbocycles. The van der Waals surface area contributed by atoms with Crippen LogP contribution < -0.4 is 10.2 Å². The van der Waals surface area contributed by atoms with Gasteiger partial charge in [-0.25, -0.2) is 0 Å². The summed E-state index contributed by atoms with van der Waals surface area (Å²) >= 11 is 0. The molecule has 35 heavy (non-hydrogen) atoms. The number of alkyl halides is 3. The van der Waals surface area contributed by atoms with Gasteiger partial charge in [0.15, 0.2) is 0 Å². The van der Waals surface area contributed by atoms with Crippen molar-refractivity contribution in [3.05, 3.63) is 76.4 Å². The van der Waals surface area contributed by atoms with Gasteiger partial charge in [0.2, 0.25) is 0 Å². The molecule has 1 fully saturated rings. The Morgan fingerprint density at radius 3 is 2.74 bits per heavy atom. The number of aryl methyl sites for hydroxylation is 1. The van der Waals surface area contributed by atoms with Crippen molar-refractivity contribution in [1.82, 2.24) is 20.1 Å². The molecular weight excluding hydrogens is 455 g/mol. The molecular formula is C26H28F3N5O. The van der Waals surface area contributed by atoms with E-state index in [0.29, 0.717) is 24.2 Å². The van der Waals surface area contributed by atoms with E-state index >= 15 is 0 Å². The first-order valence-corrected chi connectivity index (χ1v) is 11.9. The fraction of sp³-hybridized carbons (Fsp3) is 0.423. The zero-order valence-corrected chi connectivity index (χ0v) is 19.8. The Balaban J connectivity index is 1.46. The van der Waals surface area contributed by atoms with Crippen molar-refractivity contribution in [2.45, 2.75) is 50.7 Å². The van der Waals surface area contributed by atoms with Crippen molar-refractivity contribution in [2.75, 3.05) is 18.0 Å². The summed E-state index contributed by atoms with van der Waals surface area (Å²) in [4.78, 5) is 14.9. The Morgan fingerprint density at radius 1 is 1.23 bits per heavy atom. The zero-order chi connectivity index (χ0) is 24.7. The fourth-order valence-corrected chi connectivity index (χ4v) is 5.15. The van der Waals surface area contributed by atoms with Gasteiger partial charge in [0.05, 0.1) is 12.1 Å². The van der Waals surface area contributed by atoms with Gasteiger partial charge in [-0.15, -0.1) is 10.2 Å². The van der Waals surface area contributed by atoms with E-state index in [1.54, 1.807) is 18.5 Å². The molecule has 2 aliphatic heterocycles. The monoisotopic (exact) mass is 483 g/mol. The van der Waals surface area contributed by atoms with Crippen LogP contribution in [0.15, 0.2) is 42.7 Å². The number of fused-ring (bicyclic) bond motifs is 1. The first-order valence-electron chi connectivity index (χ1n) is 11.9. The second kappa shape index (κ2) is 9.11. The number of halogens is 3. The highest BCUT2D eigenvalue weighted by molar-refractivity contribution is 6.10. The lowest BCUT2D eigenvalue weighted by molar-refractivity contribution is -0.138. The van der Waals surface area contributed by atoms with E-state index in [4.69, 9.17) is 0 Å². The number of anilines is 1. The van der Waals surface area contributed by atoms with Crippen molar-refractivity contribution in [2.24, 2.45) is 7.05 Å². The van der Waals surface area contributed by atoms with Crippen LogP contribution in [0.1, 0.15) is 70.0 Å². The number of carbonyl (C=O) groups is 1. The molecule has 1 amide bonds. The minimum atomic E-state index is -4.52. The number of hydrogen-bond donors (Lipinski definition) is 1. The predicted molar refractivity (Wildman–Crippen MR) is 126 cm³/mol. The molecule has 0 bridgehead atoms. The third-order valence-corrected chi connectivity index (χ3v) is 7.18. The van der Waals surface area contributed by atoms with Gasteiger partial charge in [0.25, 0.3) is 5.91 Å². The van der Waals surface area contributed by atoms with Crippen LogP contribution in [0, 0.1) is 0 Å². The quantitative estimate of drug-likeness (QED) is 0.566. The van der Waals surface area contributed by atoms with E-state index in [-0.39, 0.29) is 35.4 Å². The highest BCUT2D eigenvalue weighted by Gasteiger charge is 2.41. The first kappa shape index (κ1) is 23.5. The Kier molecular flexibility index (Phi) is 6.13. The average molecular weight is 484 g/mol. The van der Waals surface area contributed by atoms with Crippen LogP contribution >= 0.6 is 0 Å². The molecule has 0 radical (unpaired) electrons. The fourth-order valence-electron chi connectivity index (χ4n) is 5.15. The minimum Gasteiger partial charge on any atom is -0.321 e. The number of nitrogens with one attached hydrogen (secondary N) is 1. The summed E-state index contributed by atoms with van der Waals surface area (Å²) in [6.45, 7) is 3.46. The molecule has 2 atom stereocenters. The van der Waals surface area contributed by atoms with Gasteiger partial charge in [-0.05, 0) is 72.2 Å². The molecule has 1 aromatic heterocycles. The third kappa shape index (κ3) is 4.57. The van der Waals surface area contributed by atoms with Gasteiger partial charge >= 0.3 is 6.18 Å². The maximum absolute atomic E-state index is 14.1. The van der Waals surface area contributed by atoms with E-state index in [1.807, 2.05) is 29.8 Å². The van der Waals surface area contributed by atoms with Crippen molar-refractivity contribution >= 4 is 11.6 Å². The molecule has 6 nitrogen and oxygen atoms in total. The molecule has 2 aliphatic rings. The summed E-state index contributed by atoms with van der Waals surface area (Å²) in [6.07, 6.45) is -0.501. The number of rotatable bonds is 5. The molecule has 1 saturated heterocycles. The molecule has 184 valence electrons. The van der Waals surface area contributed by atoms with E-state index in [0.717, 1.165) is 30.8 Å². The summed E-state index contributed by atoms with van der Waals surface area (Å²) in [6, 6.07) is 10.4. The largest absolute Gasteiger partial charge is 0.416 e. The van der Waals surface area contributed by atoms with Crippen LogP contribution in [-0.4, -0.2) is 33.8 Å². The summed E-state index contributed by atoms with van der Waals surface area (Å²) in [5, 5.41) is 11.3. The average Bonchev–Trinajstić information content (AvgIpc) is 3.41. The van der Waals surface area contributed by atoms with Crippen molar-refractivity contribution in [1.29, 1.82) is 0 Å². The van der Waals surface area contributed by atoms with Crippen molar-refractivity contribution in [3.8, 4) is 0 Å². The van der Waals surface area contributed by atoms with Gasteiger partial charge in [0.1, 0.15) is 12.2 Å². The van der Waals surface area contributed by atoms with E-state index in [2.05, 4.69) is 22.4 Å². The Labute approximate surface area is 202 Å². The van der Waals surface area contributed by atoms with Crippen molar-refractivity contribution in [3.63, 3.8) is 0 Å². The lowest BCUT2D eigenvalue weighted by atomic mass is 9.87. The molecule has 0 aliphatic carbocycles. The summed E-state index contributed by atoms with van der Waals surface area (Å²) in [5.74, 6) is 0.525. The van der Waals surface area contributed by atoms with Crippen LogP contribution in [0.3, 0.4) is 0 Å². The normalized spacial score (nSPS) is 19.2. The smallest absolute Gasteiger partial charge is 0.321 e.